The van der Waals surface area contributed by atoms with Crippen molar-refractivity contribution in [3.05, 3.63) is 35.1 Å². The first-order valence-electron chi connectivity index (χ1n) is 5.42. The lowest BCUT2D eigenvalue weighted by Gasteiger charge is -2.13. The van der Waals surface area contributed by atoms with Gasteiger partial charge in [0.25, 0.3) is 5.91 Å². The average Bonchev–Trinajstić information content (AvgIpc) is 2.36. The predicted octanol–water partition coefficient (Wildman–Crippen LogP) is 2.14. The molecule has 0 saturated carbocycles. The standard InChI is InChI=1S/C12H11F4NO3/c1-6(11(19)20-2)17-10(18)7-3-4-9(13)8(5-7)12(14,15)16/h3-6H,1-2H3,(H,17,18)/t6-/m0/s1. The summed E-state index contributed by atoms with van der Waals surface area (Å²) in [5.74, 6) is -3.17. The molecule has 20 heavy (non-hydrogen) atoms. The number of amides is 1. The number of hydrogen-bond acceptors (Lipinski definition) is 3. The number of hydrogen-bond donors (Lipinski definition) is 1. The van der Waals surface area contributed by atoms with Gasteiger partial charge in [-0.1, -0.05) is 0 Å². The fraction of sp³-hybridized carbons (Fsp3) is 0.333. The maximum absolute atomic E-state index is 13.0. The van der Waals surface area contributed by atoms with Crippen LogP contribution in [0.4, 0.5) is 17.6 Å². The van der Waals surface area contributed by atoms with E-state index >= 15 is 0 Å². The first kappa shape index (κ1) is 15.9. The van der Waals surface area contributed by atoms with Gasteiger partial charge in [0.2, 0.25) is 0 Å². The number of alkyl halides is 3. The highest BCUT2D eigenvalue weighted by molar-refractivity contribution is 5.96. The van der Waals surface area contributed by atoms with Crippen molar-refractivity contribution in [3.8, 4) is 0 Å². The van der Waals surface area contributed by atoms with Gasteiger partial charge in [0, 0.05) is 5.56 Å². The third kappa shape index (κ3) is 3.69. The zero-order chi connectivity index (χ0) is 15.5. The Morgan fingerprint density at radius 2 is 1.90 bits per heavy atom. The molecule has 110 valence electrons. The Bertz CT molecular complexity index is 528. The van der Waals surface area contributed by atoms with Gasteiger partial charge in [0.1, 0.15) is 11.9 Å². The number of rotatable bonds is 3. The molecule has 0 aliphatic rings. The Hall–Kier alpha value is -2.12. The van der Waals surface area contributed by atoms with Gasteiger partial charge in [-0.25, -0.2) is 9.18 Å². The molecule has 0 bridgehead atoms. The van der Waals surface area contributed by atoms with Crippen molar-refractivity contribution < 1.29 is 31.9 Å². The molecule has 1 aromatic rings. The third-order valence-corrected chi connectivity index (χ3v) is 2.44. The van der Waals surface area contributed by atoms with Gasteiger partial charge in [-0.3, -0.25) is 4.79 Å². The minimum Gasteiger partial charge on any atom is -0.467 e. The molecule has 1 atom stereocenters. The summed E-state index contributed by atoms with van der Waals surface area (Å²) < 4.78 is 54.9. The molecule has 4 nitrogen and oxygen atoms in total. The van der Waals surface area contributed by atoms with Gasteiger partial charge in [-0.05, 0) is 25.1 Å². The Labute approximate surface area is 111 Å². The SMILES string of the molecule is COC(=O)[C@H](C)NC(=O)c1ccc(F)c(C(F)(F)F)c1. The lowest BCUT2D eigenvalue weighted by Crippen LogP contribution is -2.39. The smallest absolute Gasteiger partial charge is 0.419 e. The molecule has 0 radical (unpaired) electrons. The highest BCUT2D eigenvalue weighted by Gasteiger charge is 2.34. The van der Waals surface area contributed by atoms with Crippen LogP contribution in [0.2, 0.25) is 0 Å². The van der Waals surface area contributed by atoms with E-state index in [0.717, 1.165) is 13.2 Å². The van der Waals surface area contributed by atoms with E-state index in [4.69, 9.17) is 0 Å². The second kappa shape index (κ2) is 5.89. The summed E-state index contributed by atoms with van der Waals surface area (Å²) in [6.07, 6.45) is -4.91. The number of carbonyl (C=O) groups is 2. The van der Waals surface area contributed by atoms with Crippen LogP contribution in [0, 0.1) is 5.82 Å². The summed E-state index contributed by atoms with van der Waals surface area (Å²) in [5.41, 5.74) is -1.95. The Kier molecular flexibility index (Phi) is 4.69. The van der Waals surface area contributed by atoms with E-state index < -0.39 is 41.0 Å². The van der Waals surface area contributed by atoms with Crippen LogP contribution in [0.25, 0.3) is 0 Å². The van der Waals surface area contributed by atoms with Crippen LogP contribution in [0.3, 0.4) is 0 Å². The topological polar surface area (TPSA) is 55.4 Å². The molecule has 0 aliphatic carbocycles. The summed E-state index contributed by atoms with van der Waals surface area (Å²) in [4.78, 5) is 22.7. The van der Waals surface area contributed by atoms with Crippen molar-refractivity contribution >= 4 is 11.9 Å². The largest absolute Gasteiger partial charge is 0.467 e. The first-order valence-corrected chi connectivity index (χ1v) is 5.42. The van der Waals surface area contributed by atoms with Gasteiger partial charge in [-0.2, -0.15) is 13.2 Å². The quantitative estimate of drug-likeness (QED) is 0.686. The zero-order valence-corrected chi connectivity index (χ0v) is 10.5. The third-order valence-electron chi connectivity index (χ3n) is 2.44. The summed E-state index contributed by atoms with van der Waals surface area (Å²) in [7, 11) is 1.10. The van der Waals surface area contributed by atoms with E-state index in [9.17, 15) is 27.2 Å². The van der Waals surface area contributed by atoms with Crippen LogP contribution in [0.15, 0.2) is 18.2 Å². The lowest BCUT2D eigenvalue weighted by atomic mass is 10.1. The lowest BCUT2D eigenvalue weighted by molar-refractivity contribution is -0.142. The molecule has 0 unspecified atom stereocenters. The Morgan fingerprint density at radius 1 is 1.30 bits per heavy atom. The average molecular weight is 293 g/mol. The molecule has 0 saturated heterocycles. The fourth-order valence-corrected chi connectivity index (χ4v) is 1.40. The molecule has 0 aromatic heterocycles. The minimum atomic E-state index is -4.91. The monoisotopic (exact) mass is 293 g/mol. The number of benzene rings is 1. The highest BCUT2D eigenvalue weighted by Crippen LogP contribution is 2.31. The number of halogens is 4. The Balaban J connectivity index is 2.98. The van der Waals surface area contributed by atoms with E-state index in [0.29, 0.717) is 12.1 Å². The molecule has 8 heteroatoms. The molecular formula is C12H11F4NO3. The van der Waals surface area contributed by atoms with E-state index in [1.165, 1.54) is 6.92 Å². The summed E-state index contributed by atoms with van der Waals surface area (Å²) in [6.45, 7) is 1.30. The molecular weight excluding hydrogens is 282 g/mol. The molecule has 0 spiro atoms. The summed E-state index contributed by atoms with van der Waals surface area (Å²) in [6, 6.07) is 0.783. The summed E-state index contributed by atoms with van der Waals surface area (Å²) >= 11 is 0. The predicted molar refractivity (Wildman–Crippen MR) is 60.3 cm³/mol. The molecule has 1 aromatic carbocycles. The number of methoxy groups -OCH3 is 1. The Morgan fingerprint density at radius 3 is 2.40 bits per heavy atom. The molecule has 0 heterocycles. The zero-order valence-electron chi connectivity index (χ0n) is 10.5. The van der Waals surface area contributed by atoms with Crippen LogP contribution >= 0.6 is 0 Å². The second-order valence-corrected chi connectivity index (χ2v) is 3.91. The van der Waals surface area contributed by atoms with Crippen molar-refractivity contribution in [2.75, 3.05) is 7.11 Å². The highest BCUT2D eigenvalue weighted by atomic mass is 19.4. The van der Waals surface area contributed by atoms with Crippen LogP contribution in [-0.2, 0) is 15.7 Å². The van der Waals surface area contributed by atoms with Crippen LogP contribution in [0.5, 0.6) is 0 Å². The van der Waals surface area contributed by atoms with E-state index in [1.807, 2.05) is 0 Å². The van der Waals surface area contributed by atoms with Gasteiger partial charge in [-0.15, -0.1) is 0 Å². The van der Waals surface area contributed by atoms with Crippen molar-refractivity contribution in [1.29, 1.82) is 0 Å². The maximum Gasteiger partial charge on any atom is 0.419 e. The second-order valence-electron chi connectivity index (χ2n) is 3.91. The van der Waals surface area contributed by atoms with E-state index in [1.54, 1.807) is 0 Å². The number of esters is 1. The van der Waals surface area contributed by atoms with Gasteiger partial charge >= 0.3 is 12.1 Å². The van der Waals surface area contributed by atoms with Gasteiger partial charge in [0.15, 0.2) is 0 Å². The molecule has 1 N–H and O–H groups in total. The van der Waals surface area contributed by atoms with Crippen LogP contribution in [0.1, 0.15) is 22.8 Å². The van der Waals surface area contributed by atoms with Gasteiger partial charge in [0.05, 0.1) is 12.7 Å². The van der Waals surface area contributed by atoms with Crippen molar-refractivity contribution in [2.45, 2.75) is 19.1 Å². The number of nitrogens with one attached hydrogen (secondary N) is 1. The molecule has 1 amide bonds. The van der Waals surface area contributed by atoms with Crippen molar-refractivity contribution in [1.82, 2.24) is 5.32 Å². The maximum atomic E-state index is 13.0. The van der Waals surface area contributed by atoms with Crippen LogP contribution in [-0.4, -0.2) is 25.0 Å². The van der Waals surface area contributed by atoms with Crippen LogP contribution < -0.4 is 5.32 Å². The molecule has 0 aliphatic heterocycles. The minimum absolute atomic E-state index is 0.384. The first-order chi connectivity index (χ1) is 9.16. The fourth-order valence-electron chi connectivity index (χ4n) is 1.40. The molecule has 0 fully saturated rings. The normalized spacial score (nSPS) is 12.7. The van der Waals surface area contributed by atoms with Crippen molar-refractivity contribution in [2.24, 2.45) is 0 Å². The molecule has 1 rings (SSSR count). The number of ether oxygens (including phenoxy) is 1. The van der Waals surface area contributed by atoms with Crippen molar-refractivity contribution in [3.63, 3.8) is 0 Å². The van der Waals surface area contributed by atoms with E-state index in [-0.39, 0.29) is 0 Å². The number of carbonyl (C=O) groups excluding carboxylic acids is 2. The summed E-state index contributed by atoms with van der Waals surface area (Å²) in [5, 5.41) is 2.14. The van der Waals surface area contributed by atoms with Gasteiger partial charge < -0.3 is 10.1 Å². The van der Waals surface area contributed by atoms with E-state index in [2.05, 4.69) is 10.1 Å².